The van der Waals surface area contributed by atoms with Crippen molar-refractivity contribution in [2.75, 3.05) is 16.2 Å². The van der Waals surface area contributed by atoms with Gasteiger partial charge in [0, 0.05) is 4.90 Å². The average Bonchev–Trinajstić information content (AvgIpc) is 2.18. The van der Waals surface area contributed by atoms with E-state index in [1.54, 1.807) is 12.1 Å². The minimum absolute atomic E-state index is 0.435. The van der Waals surface area contributed by atoms with Crippen LogP contribution in [0.5, 0.6) is 0 Å². The van der Waals surface area contributed by atoms with Crippen molar-refractivity contribution in [1.82, 2.24) is 0 Å². The second-order valence-corrected chi connectivity index (χ2v) is 5.68. The van der Waals surface area contributed by atoms with Crippen molar-refractivity contribution >= 4 is 39.1 Å². The van der Waals surface area contributed by atoms with E-state index in [-0.39, 0.29) is 0 Å². The van der Waals surface area contributed by atoms with Gasteiger partial charge in [0.05, 0.1) is 5.69 Å². The fourth-order valence-corrected chi connectivity index (χ4v) is 2.27. The number of nitrogens with one attached hydrogen (secondary N) is 1. The van der Waals surface area contributed by atoms with Crippen LogP contribution in [-0.4, -0.2) is 19.9 Å². The van der Waals surface area contributed by atoms with Crippen LogP contribution in [0.3, 0.4) is 0 Å². The molecule has 0 aliphatic carbocycles. The molecule has 0 aromatic heterocycles. The summed E-state index contributed by atoms with van der Waals surface area (Å²) in [6.07, 6.45) is 1.88. The molecule has 0 bridgehead atoms. The normalized spacial score (nSPS) is 11.3. The number of hydrogen-bond acceptors (Lipinski definition) is 3. The average molecular weight is 252 g/mol. The number of thioether (sulfide) groups is 1. The SMILES string of the molecule is CSc1ccccc1NS(=O)(=O)CCl. The topological polar surface area (TPSA) is 46.2 Å². The summed E-state index contributed by atoms with van der Waals surface area (Å²) in [7, 11) is -3.40. The van der Waals surface area contributed by atoms with Gasteiger partial charge in [0.25, 0.3) is 0 Å². The second-order valence-electron chi connectivity index (χ2n) is 2.53. The van der Waals surface area contributed by atoms with Gasteiger partial charge in [0.1, 0.15) is 5.21 Å². The Kier molecular flexibility index (Phi) is 4.10. The summed E-state index contributed by atoms with van der Waals surface area (Å²) in [6.45, 7) is 0. The summed E-state index contributed by atoms with van der Waals surface area (Å²) in [6, 6.07) is 7.17. The third kappa shape index (κ3) is 3.08. The Labute approximate surface area is 92.9 Å². The van der Waals surface area contributed by atoms with E-state index in [4.69, 9.17) is 11.6 Å². The Balaban J connectivity index is 2.97. The highest BCUT2D eigenvalue weighted by atomic mass is 35.5. The molecule has 1 aromatic rings. The Morgan fingerprint density at radius 3 is 2.64 bits per heavy atom. The molecular weight excluding hydrogens is 242 g/mol. The zero-order valence-corrected chi connectivity index (χ0v) is 9.92. The van der Waals surface area contributed by atoms with Crippen LogP contribution in [0.15, 0.2) is 29.2 Å². The molecule has 6 heteroatoms. The molecule has 0 saturated carbocycles. The molecule has 0 amide bonds. The van der Waals surface area contributed by atoms with Crippen LogP contribution >= 0.6 is 23.4 Å². The molecule has 0 unspecified atom stereocenters. The fraction of sp³-hybridized carbons (Fsp3) is 0.250. The van der Waals surface area contributed by atoms with E-state index in [9.17, 15) is 8.42 Å². The Morgan fingerprint density at radius 1 is 1.43 bits per heavy atom. The zero-order chi connectivity index (χ0) is 10.6. The molecule has 0 atom stereocenters. The fourth-order valence-electron chi connectivity index (χ4n) is 0.924. The molecule has 0 heterocycles. The van der Waals surface area contributed by atoms with Crippen molar-refractivity contribution < 1.29 is 8.42 Å². The van der Waals surface area contributed by atoms with Crippen molar-refractivity contribution in [3.8, 4) is 0 Å². The largest absolute Gasteiger partial charge is 0.281 e. The first-order valence-corrected chi connectivity index (χ1v) is 7.19. The number of sulfonamides is 1. The maximum atomic E-state index is 11.2. The zero-order valence-electron chi connectivity index (χ0n) is 7.53. The molecule has 0 radical (unpaired) electrons. The van der Waals surface area contributed by atoms with E-state index in [1.165, 1.54) is 11.8 Å². The summed E-state index contributed by atoms with van der Waals surface area (Å²) in [4.78, 5) is 0.876. The van der Waals surface area contributed by atoms with Crippen molar-refractivity contribution in [1.29, 1.82) is 0 Å². The lowest BCUT2D eigenvalue weighted by Crippen LogP contribution is -2.13. The lowest BCUT2D eigenvalue weighted by atomic mass is 10.3. The van der Waals surface area contributed by atoms with Crippen LogP contribution in [0.2, 0.25) is 0 Å². The minimum Gasteiger partial charge on any atom is -0.281 e. The number of halogens is 1. The first kappa shape index (κ1) is 11.7. The van der Waals surface area contributed by atoms with E-state index < -0.39 is 15.2 Å². The summed E-state index contributed by atoms with van der Waals surface area (Å²) in [5, 5.41) is -0.435. The molecule has 0 saturated heterocycles. The van der Waals surface area contributed by atoms with Crippen LogP contribution in [-0.2, 0) is 10.0 Å². The Morgan fingerprint density at radius 2 is 2.07 bits per heavy atom. The summed E-state index contributed by atoms with van der Waals surface area (Å²) >= 11 is 6.76. The van der Waals surface area contributed by atoms with Gasteiger partial charge in [-0.05, 0) is 18.4 Å². The molecule has 0 aliphatic rings. The van der Waals surface area contributed by atoms with Gasteiger partial charge in [-0.15, -0.1) is 23.4 Å². The predicted octanol–water partition coefficient (Wildman–Crippen LogP) is 2.35. The van der Waals surface area contributed by atoms with Crippen LogP contribution < -0.4 is 4.72 Å². The van der Waals surface area contributed by atoms with Crippen LogP contribution in [0.25, 0.3) is 0 Å². The van der Waals surface area contributed by atoms with Gasteiger partial charge in [0.15, 0.2) is 0 Å². The number of rotatable bonds is 4. The van der Waals surface area contributed by atoms with Gasteiger partial charge in [-0.25, -0.2) is 8.42 Å². The van der Waals surface area contributed by atoms with Gasteiger partial charge in [0.2, 0.25) is 10.0 Å². The molecule has 1 N–H and O–H groups in total. The second kappa shape index (κ2) is 4.91. The molecule has 1 aromatic carbocycles. The third-order valence-electron chi connectivity index (χ3n) is 1.52. The summed E-state index contributed by atoms with van der Waals surface area (Å²) < 4.78 is 24.8. The van der Waals surface area contributed by atoms with Crippen molar-refractivity contribution in [3.05, 3.63) is 24.3 Å². The number of alkyl halides is 1. The highest BCUT2D eigenvalue weighted by Gasteiger charge is 2.09. The van der Waals surface area contributed by atoms with Gasteiger partial charge in [-0.3, -0.25) is 4.72 Å². The standard InChI is InChI=1S/C8H10ClNO2S2/c1-13-8-5-3-2-4-7(8)10-14(11,12)6-9/h2-5,10H,6H2,1H3. The number of para-hydroxylation sites is 1. The smallest absolute Gasteiger partial charge is 0.246 e. The van der Waals surface area contributed by atoms with E-state index in [0.717, 1.165) is 4.90 Å². The molecule has 3 nitrogen and oxygen atoms in total. The first-order valence-electron chi connectivity index (χ1n) is 3.78. The Hall–Kier alpha value is -0.390. The quantitative estimate of drug-likeness (QED) is 0.660. The van der Waals surface area contributed by atoms with Crippen LogP contribution in [0, 0.1) is 0 Å². The van der Waals surface area contributed by atoms with Crippen molar-refractivity contribution in [2.45, 2.75) is 4.90 Å². The lowest BCUT2D eigenvalue weighted by Gasteiger charge is -2.08. The molecule has 78 valence electrons. The third-order valence-corrected chi connectivity index (χ3v) is 3.99. The van der Waals surface area contributed by atoms with Gasteiger partial charge >= 0.3 is 0 Å². The highest BCUT2D eigenvalue weighted by Crippen LogP contribution is 2.25. The molecular formula is C8H10ClNO2S2. The molecule has 1 rings (SSSR count). The van der Waals surface area contributed by atoms with Gasteiger partial charge < -0.3 is 0 Å². The number of hydrogen-bond donors (Lipinski definition) is 1. The minimum atomic E-state index is -3.40. The van der Waals surface area contributed by atoms with E-state index >= 15 is 0 Å². The summed E-state index contributed by atoms with van der Waals surface area (Å²) in [5.41, 5.74) is 0.570. The predicted molar refractivity (Wildman–Crippen MR) is 61.5 cm³/mol. The molecule has 0 aliphatic heterocycles. The van der Waals surface area contributed by atoms with Crippen LogP contribution in [0.1, 0.15) is 0 Å². The van der Waals surface area contributed by atoms with Crippen molar-refractivity contribution in [2.24, 2.45) is 0 Å². The number of anilines is 1. The van der Waals surface area contributed by atoms with E-state index in [0.29, 0.717) is 5.69 Å². The van der Waals surface area contributed by atoms with Crippen LogP contribution in [0.4, 0.5) is 5.69 Å². The lowest BCUT2D eigenvalue weighted by molar-refractivity contribution is 0.605. The van der Waals surface area contributed by atoms with E-state index in [1.807, 2.05) is 18.4 Å². The monoisotopic (exact) mass is 251 g/mol. The highest BCUT2D eigenvalue weighted by molar-refractivity contribution is 7.99. The summed E-state index contributed by atoms with van der Waals surface area (Å²) in [5.74, 6) is 0. The van der Waals surface area contributed by atoms with Gasteiger partial charge in [-0.2, -0.15) is 0 Å². The maximum Gasteiger partial charge on any atom is 0.246 e. The first-order chi connectivity index (χ1) is 6.59. The molecule has 0 fully saturated rings. The van der Waals surface area contributed by atoms with Crippen molar-refractivity contribution in [3.63, 3.8) is 0 Å². The molecule has 0 spiro atoms. The molecule has 14 heavy (non-hydrogen) atoms. The Bertz CT molecular complexity index is 406. The number of benzene rings is 1. The van der Waals surface area contributed by atoms with Gasteiger partial charge in [-0.1, -0.05) is 12.1 Å². The maximum absolute atomic E-state index is 11.2. The van der Waals surface area contributed by atoms with E-state index in [2.05, 4.69) is 4.72 Å².